The maximum atomic E-state index is 12.4. The number of amides is 1. The van der Waals surface area contributed by atoms with E-state index < -0.39 is 17.9 Å². The average Bonchev–Trinajstić information content (AvgIpc) is 2.82. The monoisotopic (exact) mass is 481 g/mol. The summed E-state index contributed by atoms with van der Waals surface area (Å²) in [7, 11) is 3.46. The maximum absolute atomic E-state index is 12.4. The van der Waals surface area contributed by atoms with E-state index in [1.54, 1.807) is 19.4 Å². The number of benzene rings is 2. The third kappa shape index (κ3) is 8.50. The molecule has 0 heterocycles. The van der Waals surface area contributed by atoms with Crippen LogP contribution < -0.4 is 21.5 Å². The van der Waals surface area contributed by atoms with E-state index in [9.17, 15) is 19.5 Å². The molecule has 6 N–H and O–H groups in total. The Bertz CT molecular complexity index is 1140. The second-order valence-corrected chi connectivity index (χ2v) is 7.82. The van der Waals surface area contributed by atoms with E-state index >= 15 is 0 Å². The average molecular weight is 482 g/mol. The summed E-state index contributed by atoms with van der Waals surface area (Å²) in [4.78, 5) is 40.9. The first-order valence-corrected chi connectivity index (χ1v) is 10.9. The highest BCUT2D eigenvalue weighted by atomic mass is 16.5. The van der Waals surface area contributed by atoms with Crippen LogP contribution in [-0.2, 0) is 20.9 Å². The van der Waals surface area contributed by atoms with Crippen LogP contribution in [0.1, 0.15) is 18.4 Å². The molecule has 0 aromatic heterocycles. The van der Waals surface area contributed by atoms with E-state index in [4.69, 9.17) is 16.2 Å². The number of aliphatic carboxylic acids is 1. The van der Waals surface area contributed by atoms with Crippen LogP contribution in [0.3, 0.4) is 0 Å². The van der Waals surface area contributed by atoms with Crippen molar-refractivity contribution in [1.82, 2.24) is 10.2 Å². The van der Waals surface area contributed by atoms with Gasteiger partial charge in [0, 0.05) is 25.7 Å². The third-order valence-corrected chi connectivity index (χ3v) is 5.12. The number of nitrogens with zero attached hydrogens (tertiary/aromatic N) is 2. The number of aldehydes is 1. The van der Waals surface area contributed by atoms with Gasteiger partial charge in [0.25, 0.3) is 5.91 Å². The minimum atomic E-state index is -1.21. The van der Waals surface area contributed by atoms with Gasteiger partial charge in [-0.2, -0.15) is 0 Å². The summed E-state index contributed by atoms with van der Waals surface area (Å²) < 4.78 is 5.52. The molecule has 35 heavy (non-hydrogen) atoms. The molecule has 10 heteroatoms. The number of carbonyl (C=O) groups is 3. The van der Waals surface area contributed by atoms with Crippen molar-refractivity contribution >= 4 is 34.9 Å². The molecule has 1 amide bonds. The lowest BCUT2D eigenvalue weighted by Crippen LogP contribution is -2.41. The zero-order valence-electron chi connectivity index (χ0n) is 19.8. The number of hydrogen-bond acceptors (Lipinski definition) is 6. The van der Waals surface area contributed by atoms with Gasteiger partial charge in [0.1, 0.15) is 11.8 Å². The molecule has 0 fully saturated rings. The summed E-state index contributed by atoms with van der Waals surface area (Å²) >= 11 is 0. The van der Waals surface area contributed by atoms with Crippen LogP contribution >= 0.6 is 0 Å². The lowest BCUT2D eigenvalue weighted by molar-refractivity contribution is -0.141. The highest BCUT2D eigenvalue weighted by Gasteiger charge is 2.21. The Labute approximate surface area is 203 Å². The van der Waals surface area contributed by atoms with Crippen LogP contribution in [0.2, 0.25) is 0 Å². The number of ether oxygens (including phenoxy) is 1. The number of methoxy groups -OCH3 is 1. The quantitative estimate of drug-likeness (QED) is 0.0490. The molecule has 0 saturated heterocycles. The molecule has 10 nitrogen and oxygen atoms in total. The molecule has 0 radical (unpaired) electrons. The third-order valence-electron chi connectivity index (χ3n) is 5.12. The van der Waals surface area contributed by atoms with Gasteiger partial charge in [-0.3, -0.25) is 14.6 Å². The summed E-state index contributed by atoms with van der Waals surface area (Å²) in [5.74, 6) is -1.33. The van der Waals surface area contributed by atoms with Crippen molar-refractivity contribution in [3.8, 4) is 5.75 Å². The van der Waals surface area contributed by atoms with Crippen LogP contribution in [0.4, 0.5) is 0 Å². The zero-order chi connectivity index (χ0) is 25.8. The highest BCUT2D eigenvalue weighted by molar-refractivity contribution is 6.11. The van der Waals surface area contributed by atoms with Crippen LogP contribution in [0.15, 0.2) is 65.3 Å². The number of nitrogens with two attached hydrogens (primary N) is 2. The van der Waals surface area contributed by atoms with E-state index in [0.29, 0.717) is 19.3 Å². The Hall–Kier alpha value is -4.34. The van der Waals surface area contributed by atoms with Crippen molar-refractivity contribution in [1.29, 1.82) is 0 Å². The lowest BCUT2D eigenvalue weighted by atomic mass is 10.1. The molecule has 0 spiro atoms. The fourth-order valence-corrected chi connectivity index (χ4v) is 3.37. The normalized spacial score (nSPS) is 12.2. The molecule has 0 aliphatic carbocycles. The summed E-state index contributed by atoms with van der Waals surface area (Å²) in [5, 5.41) is 13.9. The number of carboxylic acid groups (broad SMARTS) is 1. The van der Waals surface area contributed by atoms with Gasteiger partial charge < -0.3 is 31.5 Å². The molecule has 186 valence electrons. The second kappa shape index (κ2) is 13.4. The van der Waals surface area contributed by atoms with E-state index in [0.717, 1.165) is 22.1 Å². The smallest absolute Gasteiger partial charge is 0.326 e. The number of rotatable bonds is 13. The molecule has 0 aliphatic heterocycles. The Morgan fingerprint density at radius 1 is 1.23 bits per heavy atom. The van der Waals surface area contributed by atoms with Gasteiger partial charge in [-0.25, -0.2) is 4.79 Å². The van der Waals surface area contributed by atoms with E-state index in [2.05, 4.69) is 16.4 Å². The number of allylic oxidation sites excluding steroid dienone is 2. The first-order valence-electron chi connectivity index (χ1n) is 10.9. The topological polar surface area (TPSA) is 160 Å². The van der Waals surface area contributed by atoms with E-state index in [-0.39, 0.29) is 24.5 Å². The number of hydrogen-bond donors (Lipinski definition) is 4. The fraction of sp³-hybridized carbons (Fsp3) is 0.280. The highest BCUT2D eigenvalue weighted by Crippen LogP contribution is 2.26. The molecule has 0 saturated carbocycles. The largest absolute Gasteiger partial charge is 0.496 e. The Kier molecular flexibility index (Phi) is 10.3. The SMILES string of the molecule is COc1cc2ccccc2cc1CN(C)/C=C\C=C(/C=O)C(=O)NC(CCCN=C(N)N)C(=O)O. The van der Waals surface area contributed by atoms with Crippen LogP contribution in [0.25, 0.3) is 10.8 Å². The Morgan fingerprint density at radius 3 is 2.51 bits per heavy atom. The number of fused-ring (bicyclic) bond motifs is 1. The van der Waals surface area contributed by atoms with Crippen LogP contribution in [-0.4, -0.2) is 60.9 Å². The van der Waals surface area contributed by atoms with Gasteiger partial charge in [-0.05, 0) is 54.1 Å². The molecular formula is C25H31N5O5. The molecule has 2 aromatic carbocycles. The predicted molar refractivity (Wildman–Crippen MR) is 135 cm³/mol. The van der Waals surface area contributed by atoms with Crippen molar-refractivity contribution in [2.45, 2.75) is 25.4 Å². The zero-order valence-corrected chi connectivity index (χ0v) is 19.8. The number of carboxylic acids is 1. The van der Waals surface area contributed by atoms with Crippen molar-refractivity contribution in [2.24, 2.45) is 16.5 Å². The first-order chi connectivity index (χ1) is 16.7. The molecule has 1 unspecified atom stereocenters. The minimum Gasteiger partial charge on any atom is -0.496 e. The van der Waals surface area contributed by atoms with Gasteiger partial charge in [-0.1, -0.05) is 24.3 Å². The number of carbonyl (C=O) groups excluding carboxylic acids is 2. The van der Waals surface area contributed by atoms with Crippen molar-refractivity contribution < 1.29 is 24.2 Å². The molecule has 2 rings (SSSR count). The van der Waals surface area contributed by atoms with Crippen molar-refractivity contribution in [3.63, 3.8) is 0 Å². The Balaban J connectivity index is 2.03. The van der Waals surface area contributed by atoms with Gasteiger partial charge >= 0.3 is 5.97 Å². The maximum Gasteiger partial charge on any atom is 0.326 e. The molecular weight excluding hydrogens is 450 g/mol. The molecule has 0 aliphatic rings. The number of aliphatic imine (C=N–C) groups is 1. The van der Waals surface area contributed by atoms with Crippen molar-refractivity contribution in [2.75, 3.05) is 20.7 Å². The second-order valence-electron chi connectivity index (χ2n) is 7.82. The Morgan fingerprint density at radius 2 is 1.91 bits per heavy atom. The lowest BCUT2D eigenvalue weighted by Gasteiger charge is -2.17. The van der Waals surface area contributed by atoms with Gasteiger partial charge in [0.05, 0.1) is 12.7 Å². The van der Waals surface area contributed by atoms with E-state index in [1.807, 2.05) is 42.3 Å². The van der Waals surface area contributed by atoms with E-state index in [1.165, 1.54) is 6.08 Å². The standard InChI is InChI=1S/C25H31N5O5/c1-30(15-20-13-17-7-3-4-8-18(17)14-22(20)35-2)12-6-9-19(16-31)23(32)29-21(24(33)34)10-5-11-28-25(26)27/h3-4,6-9,12-14,16,21H,5,10-11,15H2,1-2H3,(H,29,32)(H,33,34)(H4,26,27,28)/b12-6-,19-9+. The van der Waals surface area contributed by atoms with Crippen LogP contribution in [0, 0.1) is 0 Å². The summed E-state index contributed by atoms with van der Waals surface area (Å²) in [6.45, 7) is 0.757. The number of guanidine groups is 1. The molecule has 0 bridgehead atoms. The van der Waals surface area contributed by atoms with Gasteiger partial charge in [0.2, 0.25) is 0 Å². The number of nitrogens with one attached hydrogen (secondary N) is 1. The minimum absolute atomic E-state index is 0.0945. The van der Waals surface area contributed by atoms with Gasteiger partial charge in [-0.15, -0.1) is 0 Å². The molecule has 2 aromatic rings. The fourth-order valence-electron chi connectivity index (χ4n) is 3.37. The molecule has 1 atom stereocenters. The summed E-state index contributed by atoms with van der Waals surface area (Å²) in [5.41, 5.74) is 11.2. The summed E-state index contributed by atoms with van der Waals surface area (Å²) in [6, 6.07) is 10.8. The van der Waals surface area contributed by atoms with Gasteiger partial charge in [0.15, 0.2) is 12.2 Å². The summed E-state index contributed by atoms with van der Waals surface area (Å²) in [6.07, 6.45) is 5.41. The van der Waals surface area contributed by atoms with Crippen LogP contribution in [0.5, 0.6) is 5.75 Å². The van der Waals surface area contributed by atoms with Crippen molar-refractivity contribution in [3.05, 3.63) is 65.9 Å². The first kappa shape index (κ1) is 26.9. The predicted octanol–water partition coefficient (Wildman–Crippen LogP) is 1.54.